The van der Waals surface area contributed by atoms with Crippen LogP contribution in [0, 0.1) is 0 Å². The van der Waals surface area contributed by atoms with Crippen LogP contribution in [0.4, 0.5) is 0 Å². The summed E-state index contributed by atoms with van der Waals surface area (Å²) in [5, 5.41) is 4.71. The second kappa shape index (κ2) is 8.68. The van der Waals surface area contributed by atoms with Crippen molar-refractivity contribution in [1.82, 2.24) is 10.6 Å². The average molecular weight is 520 g/mol. The molecule has 114 valence electrons. The molecule has 0 aromatic heterocycles. The smallest absolute Gasteiger partial charge is 0.304 e. The maximum atomic E-state index is 11.8. The third-order valence-electron chi connectivity index (χ3n) is 2.35. The molecule has 0 aliphatic carbocycles. The molecule has 0 saturated heterocycles. The van der Waals surface area contributed by atoms with Gasteiger partial charge in [0.1, 0.15) is 0 Å². The Hall–Kier alpha value is -3.37. The second-order valence-corrected chi connectivity index (χ2v) is 3.81. The molecule has 7 heteroatoms. The number of rotatable bonds is 7. The van der Waals surface area contributed by atoms with Gasteiger partial charge in [-0.2, -0.15) is 6.41 Å². The van der Waals surface area contributed by atoms with E-state index in [1.54, 1.807) is 0 Å². The molecule has 2 N–H and O–H groups in total. The van der Waals surface area contributed by atoms with Crippen molar-refractivity contribution in [3.05, 3.63) is 35.9 Å². The number of carbonyl (C=O) groups excluding carboxylic acids is 3. The molecule has 1 atom stereocenters. The molecule has 0 bridgehead atoms. The van der Waals surface area contributed by atoms with Gasteiger partial charge in [-0.1, -0.05) is 30.3 Å². The van der Waals surface area contributed by atoms with Gasteiger partial charge in [0.15, 0.2) is 6.73 Å². The Morgan fingerprint density at radius 1 is 1.30 bits per heavy atom. The first kappa shape index (κ1) is 16.6. The SMILES string of the molecule is CC(=O)OCNC(=O)C(Cc1ccccc1)N[C-]=O.[Fm]. The molecule has 1 aromatic carbocycles. The average Bonchev–Trinajstić information content (AvgIpc) is 2.39. The number of ether oxygens (including phenoxy) is 1. The quantitative estimate of drug-likeness (QED) is 0.228. The summed E-state index contributed by atoms with van der Waals surface area (Å²) < 4.78 is 4.59. The number of nitrogens with one attached hydrogen (secondary N) is 2. The van der Waals surface area contributed by atoms with E-state index in [0.717, 1.165) is 5.56 Å². The fraction of sp³-hybridized carbons (Fsp3) is 0.308. The van der Waals surface area contributed by atoms with Gasteiger partial charge in [-0.3, -0.25) is 9.59 Å². The Bertz CT molecular complexity index is 439. The minimum absolute atomic E-state index is 0. The second-order valence-electron chi connectivity index (χ2n) is 3.81. The number of carbonyl (C=O) groups is 2. The molecule has 0 fully saturated rings. The Morgan fingerprint density at radius 2 is 1.95 bits per heavy atom. The zero-order valence-corrected chi connectivity index (χ0v) is 13.2. The molecule has 1 rings (SSSR count). The van der Waals surface area contributed by atoms with E-state index in [0.29, 0.717) is 6.42 Å². The van der Waals surface area contributed by atoms with Crippen molar-refractivity contribution in [2.45, 2.75) is 19.4 Å². The zero-order valence-electron chi connectivity index (χ0n) is 10.8. The number of amides is 2. The fourth-order valence-electron chi connectivity index (χ4n) is 1.46. The minimum atomic E-state index is -0.754. The molecule has 0 radical (unpaired) electrons. The summed E-state index contributed by atoms with van der Waals surface area (Å²) >= 11 is 0. The third kappa shape index (κ3) is 5.81. The van der Waals surface area contributed by atoms with E-state index in [1.165, 1.54) is 13.3 Å². The van der Waals surface area contributed by atoms with Gasteiger partial charge in [0, 0.05) is 6.92 Å². The summed E-state index contributed by atoms with van der Waals surface area (Å²) in [5.74, 6) is -0.928. The molecule has 0 aliphatic heterocycles. The number of esters is 1. The Kier molecular flexibility index (Phi) is 7.22. The van der Waals surface area contributed by atoms with Gasteiger partial charge in [0.05, 0.1) is 6.04 Å². The van der Waals surface area contributed by atoms with Crippen LogP contribution in [-0.2, 0) is 25.5 Å². The van der Waals surface area contributed by atoms with Crippen LogP contribution >= 0.6 is 0 Å². The van der Waals surface area contributed by atoms with E-state index in [1.807, 2.05) is 30.3 Å². The van der Waals surface area contributed by atoms with Crippen LogP contribution < -0.4 is 10.6 Å². The largest absolute Gasteiger partial charge is 0.520 e. The van der Waals surface area contributed by atoms with E-state index >= 15 is 0 Å². The summed E-state index contributed by atoms with van der Waals surface area (Å²) in [4.78, 5) is 32.7. The van der Waals surface area contributed by atoms with Crippen LogP contribution in [0.2, 0.25) is 0 Å². The predicted molar refractivity (Wildman–Crippen MR) is 67.5 cm³/mol. The third-order valence-corrected chi connectivity index (χ3v) is 2.35. The van der Waals surface area contributed by atoms with Crippen molar-refractivity contribution in [2.24, 2.45) is 0 Å². The summed E-state index contributed by atoms with van der Waals surface area (Å²) in [5.41, 5.74) is 0.901. The molecule has 0 aliphatic rings. The molecule has 2 amide bonds. The molecule has 1 aromatic rings. The summed E-state index contributed by atoms with van der Waals surface area (Å²) in [7, 11) is 0. The number of benzene rings is 1. The maximum absolute atomic E-state index is 11.8. The minimum Gasteiger partial charge on any atom is -0.520 e. The van der Waals surface area contributed by atoms with Crippen LogP contribution in [0.25, 0.3) is 0 Å². The van der Waals surface area contributed by atoms with E-state index < -0.39 is 17.9 Å². The first-order valence-electron chi connectivity index (χ1n) is 5.71. The van der Waals surface area contributed by atoms with Crippen LogP contribution in [0.1, 0.15) is 12.5 Å². The standard InChI is InChI=1S/C13H15N2O4.Fm/c1-10(17)19-9-15-13(18)12(14-8-16)7-11-5-3-2-4-6-11;/h2-6,12H,7,9H2,1H3,(H,14,16)(H,15,18);/q-1;. The van der Waals surface area contributed by atoms with Crippen LogP contribution in [0.3, 0.4) is 0 Å². The van der Waals surface area contributed by atoms with Crippen LogP contribution in [0.15, 0.2) is 30.3 Å². The van der Waals surface area contributed by atoms with Gasteiger partial charge < -0.3 is 20.2 Å². The van der Waals surface area contributed by atoms with Crippen molar-refractivity contribution < 1.29 is 19.1 Å². The monoisotopic (exact) mass is 520 g/mol. The first-order chi connectivity index (χ1) is 9.13. The first-order valence-corrected chi connectivity index (χ1v) is 5.71. The van der Waals surface area contributed by atoms with Crippen molar-refractivity contribution >= 4 is 18.3 Å². The molecule has 6 nitrogen and oxygen atoms in total. The van der Waals surface area contributed by atoms with Crippen LogP contribution in [-0.4, -0.2) is 31.1 Å². The topological polar surface area (TPSA) is 84.5 Å². The van der Waals surface area contributed by atoms with Gasteiger partial charge in [0.25, 0.3) is 0 Å². The van der Waals surface area contributed by atoms with Gasteiger partial charge in [-0.05, 0) is 12.0 Å². The number of hydrogen-bond donors (Lipinski definition) is 2. The molecule has 1 unspecified atom stereocenters. The van der Waals surface area contributed by atoms with Gasteiger partial charge in [-0.25, -0.2) is 0 Å². The molecular formula is C13H15FmN2O4-. The van der Waals surface area contributed by atoms with Crippen LogP contribution in [0.5, 0.6) is 0 Å². The Labute approximate surface area is 111 Å². The predicted octanol–water partition coefficient (Wildman–Crippen LogP) is -0.109. The molecule has 20 heavy (non-hydrogen) atoms. The Balaban J connectivity index is 0.00000361. The van der Waals surface area contributed by atoms with E-state index in [-0.39, 0.29) is 6.73 Å². The van der Waals surface area contributed by atoms with Crippen molar-refractivity contribution in [2.75, 3.05) is 6.73 Å². The van der Waals surface area contributed by atoms with Crippen molar-refractivity contribution in [1.29, 1.82) is 0 Å². The number of hydrogen-bond acceptors (Lipinski definition) is 4. The molecule has 0 spiro atoms. The van der Waals surface area contributed by atoms with E-state index in [2.05, 4.69) is 15.4 Å². The molecule has 0 heterocycles. The maximum Gasteiger partial charge on any atom is 0.304 e. The molecule has 0 saturated carbocycles. The Morgan fingerprint density at radius 3 is 2.50 bits per heavy atom. The van der Waals surface area contributed by atoms with E-state index in [4.69, 9.17) is 0 Å². The van der Waals surface area contributed by atoms with Crippen molar-refractivity contribution in [3.8, 4) is 0 Å². The summed E-state index contributed by atoms with van der Waals surface area (Å²) in [6, 6.07) is 8.48. The fourth-order valence-corrected chi connectivity index (χ4v) is 1.46. The summed E-state index contributed by atoms with van der Waals surface area (Å²) in [6.07, 6.45) is 1.83. The normalized spacial score (nSPS) is 10.7. The molecular weight excluding hydrogens is 505 g/mol. The van der Waals surface area contributed by atoms with Gasteiger partial charge >= 0.3 is 5.97 Å². The van der Waals surface area contributed by atoms with Gasteiger partial charge in [0.2, 0.25) is 5.91 Å². The summed E-state index contributed by atoms with van der Waals surface area (Å²) in [6.45, 7) is 1.02. The zero-order chi connectivity index (χ0) is 14.1. The van der Waals surface area contributed by atoms with Gasteiger partial charge in [-0.15, -0.1) is 0 Å². The van der Waals surface area contributed by atoms with E-state index in [9.17, 15) is 14.4 Å². The van der Waals surface area contributed by atoms with Crippen molar-refractivity contribution in [3.63, 3.8) is 0 Å².